The summed E-state index contributed by atoms with van der Waals surface area (Å²) in [6, 6.07) is 6.47. The minimum atomic E-state index is -0.294. The van der Waals surface area contributed by atoms with E-state index in [1.165, 1.54) is 12.1 Å². The van der Waals surface area contributed by atoms with Crippen LogP contribution < -0.4 is 10.6 Å². The van der Waals surface area contributed by atoms with Crippen molar-refractivity contribution in [1.29, 1.82) is 0 Å². The van der Waals surface area contributed by atoms with Crippen LogP contribution in [0.5, 0.6) is 0 Å². The van der Waals surface area contributed by atoms with Gasteiger partial charge in [0, 0.05) is 35.9 Å². The van der Waals surface area contributed by atoms with E-state index in [0.717, 1.165) is 42.6 Å². The van der Waals surface area contributed by atoms with Gasteiger partial charge in [-0.05, 0) is 49.9 Å². The van der Waals surface area contributed by atoms with Crippen molar-refractivity contribution in [3.63, 3.8) is 0 Å². The van der Waals surface area contributed by atoms with Gasteiger partial charge < -0.3 is 10.6 Å². The fourth-order valence-electron chi connectivity index (χ4n) is 3.63. The zero-order chi connectivity index (χ0) is 20.1. The molecule has 2 heterocycles. The van der Waals surface area contributed by atoms with Gasteiger partial charge >= 0.3 is 0 Å². The molecule has 3 aromatic rings. The standard InChI is InChI=1S/C21H23FN6O/c22-16-1-3-17(4-2-16)25-13-21(29)27-18-5-7-19(8-6-18)28-14-15(11-26-28)20-12-23-9-10-24-20/h1-4,9-12,14,18-19,25H,5-8,13H2,(H,27,29). The van der Waals surface area contributed by atoms with Crippen LogP contribution in [0.25, 0.3) is 11.3 Å². The van der Waals surface area contributed by atoms with Gasteiger partial charge in [-0.25, -0.2) is 4.39 Å². The van der Waals surface area contributed by atoms with Crippen molar-refractivity contribution in [3.05, 3.63) is 61.1 Å². The molecule has 29 heavy (non-hydrogen) atoms. The molecule has 1 fully saturated rings. The van der Waals surface area contributed by atoms with E-state index in [-0.39, 0.29) is 24.3 Å². The topological polar surface area (TPSA) is 84.7 Å². The highest BCUT2D eigenvalue weighted by atomic mass is 19.1. The van der Waals surface area contributed by atoms with Crippen LogP contribution in [-0.4, -0.2) is 38.2 Å². The number of carbonyl (C=O) groups is 1. The molecule has 0 bridgehead atoms. The Kier molecular flexibility index (Phi) is 5.79. The monoisotopic (exact) mass is 394 g/mol. The molecule has 8 heteroatoms. The fourth-order valence-corrected chi connectivity index (χ4v) is 3.63. The van der Waals surface area contributed by atoms with E-state index in [1.807, 2.05) is 17.1 Å². The molecule has 0 unspecified atom stereocenters. The zero-order valence-electron chi connectivity index (χ0n) is 16.0. The number of nitrogens with one attached hydrogen (secondary N) is 2. The molecule has 0 saturated heterocycles. The number of halogens is 1. The lowest BCUT2D eigenvalue weighted by Gasteiger charge is -2.29. The number of hydrogen-bond donors (Lipinski definition) is 2. The normalized spacial score (nSPS) is 18.9. The van der Waals surface area contributed by atoms with Crippen molar-refractivity contribution in [2.45, 2.75) is 37.8 Å². The Morgan fingerprint density at radius 1 is 1.10 bits per heavy atom. The van der Waals surface area contributed by atoms with Gasteiger partial charge in [-0.1, -0.05) is 0 Å². The van der Waals surface area contributed by atoms with E-state index in [2.05, 4.69) is 25.7 Å². The Labute approximate surface area is 168 Å². The molecule has 0 radical (unpaired) electrons. The third kappa shape index (κ3) is 4.96. The summed E-state index contributed by atoms with van der Waals surface area (Å²) in [6.45, 7) is 0.173. The quantitative estimate of drug-likeness (QED) is 0.671. The summed E-state index contributed by atoms with van der Waals surface area (Å²) in [7, 11) is 0. The van der Waals surface area contributed by atoms with Crippen LogP contribution in [-0.2, 0) is 4.79 Å². The second-order valence-corrected chi connectivity index (χ2v) is 7.23. The van der Waals surface area contributed by atoms with Gasteiger partial charge in [-0.15, -0.1) is 0 Å². The van der Waals surface area contributed by atoms with Crippen LogP contribution >= 0.6 is 0 Å². The highest BCUT2D eigenvalue weighted by molar-refractivity contribution is 5.80. The molecule has 2 aromatic heterocycles. The highest BCUT2D eigenvalue weighted by Crippen LogP contribution is 2.29. The molecule has 0 spiro atoms. The first kappa shape index (κ1) is 19.0. The molecule has 7 nitrogen and oxygen atoms in total. The number of amides is 1. The first-order chi connectivity index (χ1) is 14.2. The average Bonchev–Trinajstić information content (AvgIpc) is 3.25. The summed E-state index contributed by atoms with van der Waals surface area (Å²) in [5.41, 5.74) is 2.50. The third-order valence-corrected chi connectivity index (χ3v) is 5.19. The fraction of sp³-hybridized carbons (Fsp3) is 0.333. The molecule has 1 aromatic carbocycles. The molecule has 0 atom stereocenters. The van der Waals surface area contributed by atoms with Crippen molar-refractivity contribution in [2.75, 3.05) is 11.9 Å². The highest BCUT2D eigenvalue weighted by Gasteiger charge is 2.24. The van der Waals surface area contributed by atoms with E-state index < -0.39 is 0 Å². The zero-order valence-corrected chi connectivity index (χ0v) is 16.0. The minimum absolute atomic E-state index is 0.0539. The maximum atomic E-state index is 12.9. The number of hydrogen-bond acceptors (Lipinski definition) is 5. The van der Waals surface area contributed by atoms with Crippen LogP contribution in [0.2, 0.25) is 0 Å². The molecule has 4 rings (SSSR count). The second-order valence-electron chi connectivity index (χ2n) is 7.23. The molecule has 2 N–H and O–H groups in total. The SMILES string of the molecule is O=C(CNc1ccc(F)cc1)NC1CCC(n2cc(-c3cnccn3)cn2)CC1. The Hall–Kier alpha value is -3.29. The summed E-state index contributed by atoms with van der Waals surface area (Å²) in [5, 5.41) is 10.6. The summed E-state index contributed by atoms with van der Waals surface area (Å²) in [6.07, 6.45) is 12.6. The maximum Gasteiger partial charge on any atom is 0.239 e. The minimum Gasteiger partial charge on any atom is -0.376 e. The maximum absolute atomic E-state index is 12.9. The molecular formula is C21H23FN6O. The first-order valence-electron chi connectivity index (χ1n) is 9.77. The number of nitrogens with zero attached hydrogens (tertiary/aromatic N) is 4. The lowest BCUT2D eigenvalue weighted by Crippen LogP contribution is -2.40. The van der Waals surface area contributed by atoms with Crippen molar-refractivity contribution in [1.82, 2.24) is 25.1 Å². The molecule has 0 aliphatic heterocycles. The number of anilines is 1. The van der Waals surface area contributed by atoms with Gasteiger partial charge in [0.2, 0.25) is 5.91 Å². The van der Waals surface area contributed by atoms with Crippen LogP contribution in [0.3, 0.4) is 0 Å². The summed E-state index contributed by atoms with van der Waals surface area (Å²) in [4.78, 5) is 20.6. The summed E-state index contributed by atoms with van der Waals surface area (Å²) in [5.74, 6) is -0.348. The van der Waals surface area contributed by atoms with Crippen molar-refractivity contribution >= 4 is 11.6 Å². The van der Waals surface area contributed by atoms with Crippen molar-refractivity contribution in [3.8, 4) is 11.3 Å². The third-order valence-electron chi connectivity index (χ3n) is 5.19. The smallest absolute Gasteiger partial charge is 0.239 e. The van der Waals surface area contributed by atoms with E-state index in [4.69, 9.17) is 0 Å². The lowest BCUT2D eigenvalue weighted by atomic mass is 9.91. The predicted molar refractivity (Wildman–Crippen MR) is 108 cm³/mol. The molecule has 1 aliphatic rings. The van der Waals surface area contributed by atoms with Crippen molar-refractivity contribution < 1.29 is 9.18 Å². The number of carbonyl (C=O) groups excluding carboxylic acids is 1. The molecule has 150 valence electrons. The molecule has 1 saturated carbocycles. The summed E-state index contributed by atoms with van der Waals surface area (Å²) < 4.78 is 14.9. The van der Waals surface area contributed by atoms with Crippen LogP contribution in [0, 0.1) is 5.82 Å². The molecule has 1 aliphatic carbocycles. The largest absolute Gasteiger partial charge is 0.376 e. The molecular weight excluding hydrogens is 371 g/mol. The van der Waals surface area contributed by atoms with E-state index in [0.29, 0.717) is 6.04 Å². The van der Waals surface area contributed by atoms with Gasteiger partial charge in [0.15, 0.2) is 0 Å². The van der Waals surface area contributed by atoms with Gasteiger partial charge in [-0.2, -0.15) is 5.10 Å². The Bertz CT molecular complexity index is 935. The second kappa shape index (κ2) is 8.81. The predicted octanol–water partition coefficient (Wildman–Crippen LogP) is 3.19. The van der Waals surface area contributed by atoms with Crippen molar-refractivity contribution in [2.24, 2.45) is 0 Å². The van der Waals surface area contributed by atoms with Crippen LogP contribution in [0.15, 0.2) is 55.2 Å². The summed E-state index contributed by atoms with van der Waals surface area (Å²) >= 11 is 0. The van der Waals surface area contributed by atoms with Gasteiger partial charge in [0.1, 0.15) is 5.82 Å². The van der Waals surface area contributed by atoms with Crippen LogP contribution in [0.1, 0.15) is 31.7 Å². The number of rotatable bonds is 6. The Balaban J connectivity index is 1.24. The van der Waals surface area contributed by atoms with Gasteiger partial charge in [0.25, 0.3) is 0 Å². The lowest BCUT2D eigenvalue weighted by molar-refractivity contribution is -0.120. The average molecular weight is 394 g/mol. The van der Waals surface area contributed by atoms with E-state index in [1.54, 1.807) is 30.7 Å². The van der Waals surface area contributed by atoms with E-state index >= 15 is 0 Å². The van der Waals surface area contributed by atoms with Gasteiger partial charge in [-0.3, -0.25) is 19.4 Å². The van der Waals surface area contributed by atoms with Gasteiger partial charge in [0.05, 0.1) is 30.7 Å². The number of aromatic nitrogens is 4. The number of benzene rings is 1. The first-order valence-corrected chi connectivity index (χ1v) is 9.77. The Morgan fingerprint density at radius 3 is 2.62 bits per heavy atom. The molecule has 1 amide bonds. The van der Waals surface area contributed by atoms with Crippen LogP contribution in [0.4, 0.5) is 10.1 Å². The van der Waals surface area contributed by atoms with E-state index in [9.17, 15) is 9.18 Å². The Morgan fingerprint density at radius 2 is 1.90 bits per heavy atom.